The van der Waals surface area contributed by atoms with Crippen molar-refractivity contribution in [3.8, 4) is 0 Å². The van der Waals surface area contributed by atoms with E-state index in [9.17, 15) is 17.6 Å². The molecule has 110 valence electrons. The monoisotopic (exact) mass is 308 g/mol. The Hall–Kier alpha value is -1.30. The van der Waals surface area contributed by atoms with Gasteiger partial charge in [-0.25, -0.2) is 9.37 Å². The maximum atomic E-state index is 13.5. The minimum Gasteiger partial charge on any atom is -0.324 e. The summed E-state index contributed by atoms with van der Waals surface area (Å²) in [6, 6.07) is 1.87. The normalized spacial score (nSPS) is 13.9. The van der Waals surface area contributed by atoms with E-state index in [0.29, 0.717) is 22.4 Å². The molecule has 0 aliphatic carbocycles. The number of aromatic nitrogens is 2. The van der Waals surface area contributed by atoms with Crippen LogP contribution in [0.1, 0.15) is 30.8 Å². The maximum absolute atomic E-state index is 13.5. The predicted molar refractivity (Wildman–Crippen MR) is 69.4 cm³/mol. The molecule has 2 rings (SSSR count). The first kappa shape index (κ1) is 15.1. The summed E-state index contributed by atoms with van der Waals surface area (Å²) < 4.78 is 52.6. The molecule has 0 N–H and O–H groups in total. The van der Waals surface area contributed by atoms with E-state index in [1.165, 1.54) is 23.6 Å². The molecule has 0 saturated heterocycles. The van der Waals surface area contributed by atoms with Gasteiger partial charge in [-0.2, -0.15) is 13.2 Å². The first-order valence-corrected chi connectivity index (χ1v) is 6.56. The molecule has 1 unspecified atom stereocenters. The Morgan fingerprint density at radius 3 is 2.55 bits per heavy atom. The quantitative estimate of drug-likeness (QED) is 0.592. The smallest absolute Gasteiger partial charge is 0.324 e. The van der Waals surface area contributed by atoms with Gasteiger partial charge in [0.15, 0.2) is 0 Å². The van der Waals surface area contributed by atoms with Gasteiger partial charge in [-0.3, -0.25) is 0 Å². The number of hydrogen-bond donors (Lipinski definition) is 0. The Labute approximate surface area is 118 Å². The molecule has 0 fully saturated rings. The highest BCUT2D eigenvalue weighted by atomic mass is 35.5. The SMILES string of the molecule is Cc1cc2c(cc1F)nc(CCl)n2C(C)CC(F)(F)F. The van der Waals surface area contributed by atoms with Crippen molar-refractivity contribution in [3.05, 3.63) is 29.3 Å². The van der Waals surface area contributed by atoms with Crippen molar-refractivity contribution in [1.82, 2.24) is 9.55 Å². The molecule has 2 aromatic rings. The third-order valence-electron chi connectivity index (χ3n) is 3.13. The van der Waals surface area contributed by atoms with Gasteiger partial charge >= 0.3 is 6.18 Å². The van der Waals surface area contributed by atoms with Crippen molar-refractivity contribution < 1.29 is 17.6 Å². The Kier molecular flexibility index (Phi) is 3.95. The van der Waals surface area contributed by atoms with E-state index in [1.807, 2.05) is 0 Å². The average molecular weight is 309 g/mol. The van der Waals surface area contributed by atoms with Gasteiger partial charge in [0.05, 0.1) is 23.3 Å². The van der Waals surface area contributed by atoms with Gasteiger partial charge in [0.25, 0.3) is 0 Å². The van der Waals surface area contributed by atoms with Gasteiger partial charge in [-0.15, -0.1) is 11.6 Å². The number of hydrogen-bond acceptors (Lipinski definition) is 1. The molecular formula is C13H13ClF4N2. The summed E-state index contributed by atoms with van der Waals surface area (Å²) in [5, 5.41) is 0. The van der Waals surface area contributed by atoms with Crippen molar-refractivity contribution in [2.75, 3.05) is 0 Å². The molecule has 1 atom stereocenters. The van der Waals surface area contributed by atoms with Crippen LogP contribution in [-0.4, -0.2) is 15.7 Å². The minimum absolute atomic E-state index is 0.0302. The van der Waals surface area contributed by atoms with E-state index in [4.69, 9.17) is 11.6 Å². The van der Waals surface area contributed by atoms with Gasteiger partial charge in [-0.1, -0.05) is 0 Å². The molecule has 0 saturated carbocycles. The van der Waals surface area contributed by atoms with E-state index in [-0.39, 0.29) is 5.88 Å². The van der Waals surface area contributed by atoms with Crippen molar-refractivity contribution in [1.29, 1.82) is 0 Å². The van der Waals surface area contributed by atoms with Crippen molar-refractivity contribution in [2.45, 2.75) is 38.4 Å². The van der Waals surface area contributed by atoms with Crippen molar-refractivity contribution >= 4 is 22.6 Å². The van der Waals surface area contributed by atoms with Gasteiger partial charge in [0, 0.05) is 12.1 Å². The molecule has 20 heavy (non-hydrogen) atoms. The zero-order chi connectivity index (χ0) is 15.1. The Bertz CT molecular complexity index is 633. The van der Waals surface area contributed by atoms with E-state index < -0.39 is 24.5 Å². The lowest BCUT2D eigenvalue weighted by Gasteiger charge is -2.18. The summed E-state index contributed by atoms with van der Waals surface area (Å²) >= 11 is 5.74. The lowest BCUT2D eigenvalue weighted by Crippen LogP contribution is -2.18. The lowest BCUT2D eigenvalue weighted by molar-refractivity contribution is -0.141. The van der Waals surface area contributed by atoms with Crippen LogP contribution in [0.5, 0.6) is 0 Å². The summed E-state index contributed by atoms with van der Waals surface area (Å²) in [6.07, 6.45) is -5.27. The zero-order valence-electron chi connectivity index (χ0n) is 10.9. The Morgan fingerprint density at radius 2 is 2.00 bits per heavy atom. The summed E-state index contributed by atoms with van der Waals surface area (Å²) in [7, 11) is 0. The number of nitrogens with zero attached hydrogens (tertiary/aromatic N) is 2. The summed E-state index contributed by atoms with van der Waals surface area (Å²) in [5.41, 5.74) is 1.15. The standard InChI is InChI=1S/C13H13ClF4N2/c1-7-3-11-10(4-9(7)15)19-12(6-14)20(11)8(2)5-13(16,17)18/h3-4,8H,5-6H2,1-2H3. The highest BCUT2D eigenvalue weighted by molar-refractivity contribution is 6.16. The largest absolute Gasteiger partial charge is 0.391 e. The Morgan fingerprint density at radius 1 is 1.35 bits per heavy atom. The molecule has 0 radical (unpaired) electrons. The number of aryl methyl sites for hydroxylation is 1. The third-order valence-corrected chi connectivity index (χ3v) is 3.37. The fourth-order valence-electron chi connectivity index (χ4n) is 2.28. The van der Waals surface area contributed by atoms with E-state index in [0.717, 1.165) is 0 Å². The van der Waals surface area contributed by atoms with E-state index >= 15 is 0 Å². The molecule has 0 bridgehead atoms. The van der Waals surface area contributed by atoms with Crippen LogP contribution in [0.15, 0.2) is 12.1 Å². The van der Waals surface area contributed by atoms with Gasteiger partial charge in [0.1, 0.15) is 11.6 Å². The highest BCUT2D eigenvalue weighted by Gasteiger charge is 2.32. The molecule has 0 amide bonds. The number of halogens is 5. The van der Waals surface area contributed by atoms with E-state index in [2.05, 4.69) is 4.98 Å². The average Bonchev–Trinajstić information content (AvgIpc) is 2.65. The van der Waals surface area contributed by atoms with Crippen LogP contribution < -0.4 is 0 Å². The zero-order valence-corrected chi connectivity index (χ0v) is 11.7. The molecule has 1 aromatic heterocycles. The first-order valence-electron chi connectivity index (χ1n) is 6.02. The van der Waals surface area contributed by atoms with Crippen LogP contribution in [0, 0.1) is 12.7 Å². The number of rotatable bonds is 3. The highest BCUT2D eigenvalue weighted by Crippen LogP contribution is 2.32. The number of alkyl halides is 4. The Balaban J connectivity index is 2.58. The summed E-state index contributed by atoms with van der Waals surface area (Å²) in [4.78, 5) is 4.11. The lowest BCUT2D eigenvalue weighted by atomic mass is 10.1. The maximum Gasteiger partial charge on any atom is 0.391 e. The van der Waals surface area contributed by atoms with Crippen LogP contribution in [0.2, 0.25) is 0 Å². The second-order valence-electron chi connectivity index (χ2n) is 4.79. The van der Waals surface area contributed by atoms with Crippen LogP contribution in [-0.2, 0) is 5.88 Å². The first-order chi connectivity index (χ1) is 9.23. The molecule has 2 nitrogen and oxygen atoms in total. The molecule has 7 heteroatoms. The topological polar surface area (TPSA) is 17.8 Å². The summed E-state index contributed by atoms with van der Waals surface area (Å²) in [5.74, 6) is -0.160. The minimum atomic E-state index is -4.28. The number of benzene rings is 1. The van der Waals surface area contributed by atoms with E-state index in [1.54, 1.807) is 6.92 Å². The molecule has 1 heterocycles. The molecule has 0 aliphatic rings. The third kappa shape index (κ3) is 2.90. The van der Waals surface area contributed by atoms with Crippen LogP contribution in [0.4, 0.5) is 17.6 Å². The van der Waals surface area contributed by atoms with Crippen LogP contribution in [0.25, 0.3) is 11.0 Å². The molecule has 0 spiro atoms. The fourth-order valence-corrected chi connectivity index (χ4v) is 2.47. The van der Waals surface area contributed by atoms with Crippen molar-refractivity contribution in [2.24, 2.45) is 0 Å². The van der Waals surface area contributed by atoms with Gasteiger partial charge in [-0.05, 0) is 25.5 Å². The van der Waals surface area contributed by atoms with Gasteiger partial charge in [0.2, 0.25) is 0 Å². The second kappa shape index (κ2) is 5.24. The van der Waals surface area contributed by atoms with Crippen LogP contribution >= 0.6 is 11.6 Å². The molecule has 1 aromatic carbocycles. The second-order valence-corrected chi connectivity index (χ2v) is 5.06. The predicted octanol–water partition coefficient (Wildman–Crippen LogP) is 4.74. The molecule has 0 aliphatic heterocycles. The van der Waals surface area contributed by atoms with Crippen molar-refractivity contribution in [3.63, 3.8) is 0 Å². The molecular weight excluding hydrogens is 296 g/mol. The number of fused-ring (bicyclic) bond motifs is 1. The van der Waals surface area contributed by atoms with Crippen LogP contribution in [0.3, 0.4) is 0 Å². The fraction of sp³-hybridized carbons (Fsp3) is 0.462. The number of imidazole rings is 1. The summed E-state index contributed by atoms with van der Waals surface area (Å²) in [6.45, 7) is 3.00. The van der Waals surface area contributed by atoms with Gasteiger partial charge < -0.3 is 4.57 Å².